The smallest absolute Gasteiger partial charge is 0.336 e. The normalized spacial score (nSPS) is 11.6. The molecule has 10 heteroatoms. The van der Waals surface area contributed by atoms with Crippen LogP contribution in [0.15, 0.2) is 78.9 Å². The molecule has 3 aromatic carbocycles. The molecular weight excluding hydrogens is 566 g/mol. The van der Waals surface area contributed by atoms with Gasteiger partial charge >= 0.3 is 17.9 Å². The Balaban J connectivity index is 0.000000439. The Labute approximate surface area is 257 Å². The van der Waals surface area contributed by atoms with E-state index in [2.05, 4.69) is 86.3 Å². The molecule has 0 amide bonds. The summed E-state index contributed by atoms with van der Waals surface area (Å²) in [5.74, 6) is -3.26. The second-order valence-electron chi connectivity index (χ2n) is 9.97. The van der Waals surface area contributed by atoms with Gasteiger partial charge in [-0.2, -0.15) is 0 Å². The minimum absolute atomic E-state index is 0.700. The van der Waals surface area contributed by atoms with E-state index in [0.29, 0.717) is 6.61 Å². The molecule has 0 saturated heterocycles. The molecule has 236 valence electrons. The average Bonchev–Trinajstić information content (AvgIpc) is 3.00. The van der Waals surface area contributed by atoms with Crippen LogP contribution in [0.4, 0.5) is 0 Å². The van der Waals surface area contributed by atoms with Crippen LogP contribution in [0.5, 0.6) is 11.5 Å². The van der Waals surface area contributed by atoms with Crippen molar-refractivity contribution >= 4 is 29.1 Å². The summed E-state index contributed by atoms with van der Waals surface area (Å²) in [5.41, 5.74) is 3.26. The van der Waals surface area contributed by atoms with Gasteiger partial charge in [-0.3, -0.25) is 9.59 Å². The first-order valence-corrected chi connectivity index (χ1v) is 14.2. The van der Waals surface area contributed by atoms with Gasteiger partial charge < -0.3 is 34.8 Å². The molecule has 0 aliphatic heterocycles. The number of hydrogen-bond acceptors (Lipinski definition) is 7. The van der Waals surface area contributed by atoms with Crippen LogP contribution in [0.2, 0.25) is 0 Å². The largest absolute Gasteiger partial charge is 0.497 e. The van der Waals surface area contributed by atoms with E-state index in [4.69, 9.17) is 29.9 Å². The Hall–Kier alpha value is -4.67. The first-order valence-electron chi connectivity index (χ1n) is 14.2. The zero-order chi connectivity index (χ0) is 32.7. The van der Waals surface area contributed by atoms with E-state index < -0.39 is 36.4 Å². The number of benzene rings is 3. The molecule has 0 radical (unpaired) electrons. The molecule has 44 heavy (non-hydrogen) atoms. The maximum atomic E-state index is 10.3. The summed E-state index contributed by atoms with van der Waals surface area (Å²) in [7, 11) is 1.69. The molecule has 3 rings (SSSR count). The van der Waals surface area contributed by atoms with Crippen molar-refractivity contribution in [1.82, 2.24) is 4.90 Å². The Morgan fingerprint density at radius 2 is 1.20 bits per heavy atom. The highest BCUT2D eigenvalue weighted by Gasteiger charge is 2.40. The van der Waals surface area contributed by atoms with Crippen LogP contribution in [0.1, 0.15) is 50.3 Å². The number of nitrogens with zero attached hydrogens (tertiary/aromatic N) is 1. The molecule has 0 aliphatic rings. The van der Waals surface area contributed by atoms with Gasteiger partial charge in [0.25, 0.3) is 0 Å². The number of rotatable bonds is 15. The molecule has 0 atom stereocenters. The SMILES string of the molecule is CCN(CC)CCOc1ccc(C(=C(C)c2ccccc2)c2ccc(OC)cc2)cc1.O=C(O)CC(O)(CC(=O)O)C(=O)O. The number of aliphatic hydroxyl groups is 1. The third kappa shape index (κ3) is 10.9. The standard InChI is InChI=1S/C28H33NO2.C6H8O7/c1-5-29(6-2)20-21-31-27-18-14-25(15-19-27)28(22(3)23-10-8-7-9-11-23)24-12-16-26(30-4)17-13-24;7-3(8)1-6(13,5(11)12)2-4(9)10/h7-19H,5-6,20-21H2,1-4H3;13H,1-2H2,(H,7,8)(H,9,10)(H,11,12). The number of carboxylic acid groups (broad SMARTS) is 3. The van der Waals surface area contributed by atoms with E-state index in [1.54, 1.807) is 7.11 Å². The van der Waals surface area contributed by atoms with E-state index >= 15 is 0 Å². The van der Waals surface area contributed by atoms with Crippen molar-refractivity contribution in [2.75, 3.05) is 33.4 Å². The second-order valence-corrected chi connectivity index (χ2v) is 9.97. The molecule has 0 heterocycles. The van der Waals surface area contributed by atoms with Crippen LogP contribution in [-0.2, 0) is 14.4 Å². The highest BCUT2D eigenvalue weighted by molar-refractivity contribution is 5.98. The number of carboxylic acids is 3. The fraction of sp³-hybridized carbons (Fsp3) is 0.324. The maximum Gasteiger partial charge on any atom is 0.336 e. The summed E-state index contributed by atoms with van der Waals surface area (Å²) in [4.78, 5) is 32.8. The monoisotopic (exact) mass is 607 g/mol. The molecule has 0 aromatic heterocycles. The topological polar surface area (TPSA) is 154 Å². The molecule has 0 unspecified atom stereocenters. The Kier molecular flexibility index (Phi) is 14.1. The lowest BCUT2D eigenvalue weighted by Crippen LogP contribution is -2.42. The summed E-state index contributed by atoms with van der Waals surface area (Å²) < 4.78 is 11.3. The van der Waals surface area contributed by atoms with Crippen LogP contribution in [0.25, 0.3) is 11.1 Å². The molecular formula is C34H41NO9. The van der Waals surface area contributed by atoms with Crippen LogP contribution in [0, 0.1) is 0 Å². The predicted molar refractivity (Wildman–Crippen MR) is 168 cm³/mol. The van der Waals surface area contributed by atoms with Gasteiger partial charge in [-0.05, 0) is 72.1 Å². The quantitative estimate of drug-likeness (QED) is 0.171. The zero-order valence-electron chi connectivity index (χ0n) is 25.5. The third-order valence-corrected chi connectivity index (χ3v) is 6.96. The van der Waals surface area contributed by atoms with E-state index in [1.807, 2.05) is 18.2 Å². The van der Waals surface area contributed by atoms with Crippen molar-refractivity contribution < 1.29 is 44.3 Å². The second kappa shape index (κ2) is 17.4. The zero-order valence-corrected chi connectivity index (χ0v) is 25.5. The van der Waals surface area contributed by atoms with Crippen molar-refractivity contribution in [3.8, 4) is 11.5 Å². The van der Waals surface area contributed by atoms with Crippen molar-refractivity contribution in [2.45, 2.75) is 39.2 Å². The van der Waals surface area contributed by atoms with E-state index in [9.17, 15) is 14.4 Å². The number of allylic oxidation sites excluding steroid dienone is 1. The molecule has 0 saturated carbocycles. The van der Waals surface area contributed by atoms with Crippen LogP contribution in [0.3, 0.4) is 0 Å². The molecule has 10 nitrogen and oxygen atoms in total. The van der Waals surface area contributed by atoms with Crippen molar-refractivity contribution in [1.29, 1.82) is 0 Å². The first kappa shape index (κ1) is 35.5. The number of hydrogen-bond donors (Lipinski definition) is 4. The lowest BCUT2D eigenvalue weighted by Gasteiger charge is -2.18. The van der Waals surface area contributed by atoms with E-state index in [0.717, 1.165) is 36.7 Å². The lowest BCUT2D eigenvalue weighted by molar-refractivity contribution is -0.170. The summed E-state index contributed by atoms with van der Waals surface area (Å²) in [5, 5.41) is 33.8. The fourth-order valence-corrected chi connectivity index (χ4v) is 4.45. The minimum atomic E-state index is -2.74. The van der Waals surface area contributed by atoms with Gasteiger partial charge in [-0.15, -0.1) is 0 Å². The Morgan fingerprint density at radius 1 is 0.727 bits per heavy atom. The van der Waals surface area contributed by atoms with Crippen molar-refractivity contribution in [3.63, 3.8) is 0 Å². The number of methoxy groups -OCH3 is 1. The van der Waals surface area contributed by atoms with Crippen molar-refractivity contribution in [3.05, 3.63) is 95.6 Å². The van der Waals surface area contributed by atoms with E-state index in [1.165, 1.54) is 22.3 Å². The van der Waals surface area contributed by atoms with Gasteiger partial charge in [0.15, 0.2) is 5.60 Å². The lowest BCUT2D eigenvalue weighted by atomic mass is 9.90. The summed E-state index contributed by atoms with van der Waals surface area (Å²) >= 11 is 0. The van der Waals surface area contributed by atoms with Gasteiger partial charge in [0.05, 0.1) is 20.0 Å². The molecule has 0 fully saturated rings. The fourth-order valence-electron chi connectivity index (χ4n) is 4.45. The molecule has 0 aliphatic carbocycles. The van der Waals surface area contributed by atoms with Gasteiger partial charge in [0, 0.05) is 6.54 Å². The Morgan fingerprint density at radius 3 is 1.61 bits per heavy atom. The van der Waals surface area contributed by atoms with Gasteiger partial charge in [-0.25, -0.2) is 4.79 Å². The molecule has 3 aromatic rings. The highest BCUT2D eigenvalue weighted by Crippen LogP contribution is 2.33. The number of ether oxygens (including phenoxy) is 2. The molecule has 4 N–H and O–H groups in total. The van der Waals surface area contributed by atoms with Gasteiger partial charge in [0.2, 0.25) is 0 Å². The van der Waals surface area contributed by atoms with Crippen LogP contribution < -0.4 is 9.47 Å². The van der Waals surface area contributed by atoms with Crippen LogP contribution >= 0.6 is 0 Å². The van der Waals surface area contributed by atoms with E-state index in [-0.39, 0.29) is 0 Å². The Bertz CT molecular complexity index is 1360. The molecule has 0 spiro atoms. The first-order chi connectivity index (χ1) is 20.9. The summed E-state index contributed by atoms with van der Waals surface area (Å²) in [6.07, 6.45) is -2.29. The number of likely N-dealkylation sites (N-methyl/N-ethyl adjacent to an activating group) is 1. The van der Waals surface area contributed by atoms with Crippen LogP contribution in [-0.4, -0.2) is 82.2 Å². The maximum absolute atomic E-state index is 10.3. The minimum Gasteiger partial charge on any atom is -0.497 e. The summed E-state index contributed by atoms with van der Waals surface area (Å²) in [6, 6.07) is 27.2. The summed E-state index contributed by atoms with van der Waals surface area (Å²) in [6.45, 7) is 10.3. The number of aliphatic carboxylic acids is 3. The highest BCUT2D eigenvalue weighted by atomic mass is 16.5. The average molecular weight is 608 g/mol. The van der Waals surface area contributed by atoms with Gasteiger partial charge in [0.1, 0.15) is 18.1 Å². The molecule has 0 bridgehead atoms. The number of carbonyl (C=O) groups is 3. The predicted octanol–water partition coefficient (Wildman–Crippen LogP) is 5.15. The van der Waals surface area contributed by atoms with Gasteiger partial charge in [-0.1, -0.05) is 68.4 Å². The van der Waals surface area contributed by atoms with Crippen molar-refractivity contribution in [2.24, 2.45) is 0 Å². The third-order valence-electron chi connectivity index (χ3n) is 6.96.